The van der Waals surface area contributed by atoms with E-state index in [-0.39, 0.29) is 5.82 Å². The molecule has 0 unspecified atom stereocenters. The molecule has 0 amide bonds. The van der Waals surface area contributed by atoms with Crippen LogP contribution in [0, 0.1) is 5.82 Å². The van der Waals surface area contributed by atoms with E-state index >= 15 is 0 Å². The zero-order valence-corrected chi connectivity index (χ0v) is 15.8. The predicted molar refractivity (Wildman–Crippen MR) is 112 cm³/mol. The van der Waals surface area contributed by atoms with Gasteiger partial charge in [-0.1, -0.05) is 42.5 Å². The van der Waals surface area contributed by atoms with Gasteiger partial charge in [-0.2, -0.15) is 0 Å². The molecule has 1 aliphatic heterocycles. The molecule has 0 atom stereocenters. The van der Waals surface area contributed by atoms with Crippen LogP contribution in [0.5, 0.6) is 0 Å². The van der Waals surface area contributed by atoms with Crippen molar-refractivity contribution in [2.75, 3.05) is 11.4 Å². The molecule has 5 rings (SSSR count). The minimum absolute atomic E-state index is 0.298. The van der Waals surface area contributed by atoms with Gasteiger partial charge in [0.05, 0.1) is 5.69 Å². The van der Waals surface area contributed by atoms with E-state index < -0.39 is 0 Å². The second-order valence-corrected chi connectivity index (χ2v) is 7.07. The van der Waals surface area contributed by atoms with Gasteiger partial charge in [-0.05, 0) is 41.8 Å². The normalized spacial score (nSPS) is 13.2. The topological polar surface area (TPSA) is 41.9 Å². The van der Waals surface area contributed by atoms with Crippen LogP contribution in [0.1, 0.15) is 11.1 Å². The van der Waals surface area contributed by atoms with Crippen molar-refractivity contribution in [2.24, 2.45) is 0 Å². The fourth-order valence-electron chi connectivity index (χ4n) is 3.70. The molecule has 4 nitrogen and oxygen atoms in total. The van der Waals surface area contributed by atoms with Gasteiger partial charge in [0.25, 0.3) is 0 Å². The van der Waals surface area contributed by atoms with Crippen LogP contribution >= 0.6 is 0 Å². The summed E-state index contributed by atoms with van der Waals surface area (Å²) in [5.74, 6) is 0.988. The maximum absolute atomic E-state index is 14.5. The van der Waals surface area contributed by atoms with Crippen molar-refractivity contribution in [3.8, 4) is 22.8 Å². The molecule has 0 aliphatic carbocycles. The summed E-state index contributed by atoms with van der Waals surface area (Å²) in [5.41, 5.74) is 4.36. The molecule has 5 heteroatoms. The van der Waals surface area contributed by atoms with Gasteiger partial charge in [0.15, 0.2) is 5.82 Å². The maximum atomic E-state index is 14.5. The van der Waals surface area contributed by atoms with Crippen molar-refractivity contribution in [1.82, 2.24) is 15.0 Å². The van der Waals surface area contributed by atoms with Crippen molar-refractivity contribution >= 4 is 5.82 Å². The Morgan fingerprint density at radius 2 is 1.59 bits per heavy atom. The third-order valence-electron chi connectivity index (χ3n) is 5.21. The summed E-state index contributed by atoms with van der Waals surface area (Å²) in [4.78, 5) is 16.0. The van der Waals surface area contributed by atoms with Crippen LogP contribution in [0.4, 0.5) is 10.2 Å². The summed E-state index contributed by atoms with van der Waals surface area (Å²) >= 11 is 0. The Bertz CT molecular complexity index is 1160. The number of fused-ring (bicyclic) bond motifs is 1. The van der Waals surface area contributed by atoms with E-state index in [0.29, 0.717) is 22.8 Å². The minimum Gasteiger partial charge on any atom is -0.352 e. The zero-order chi connectivity index (χ0) is 19.6. The van der Waals surface area contributed by atoms with Crippen molar-refractivity contribution in [1.29, 1.82) is 0 Å². The molecule has 0 spiro atoms. The molecule has 0 fully saturated rings. The van der Waals surface area contributed by atoms with Crippen LogP contribution in [0.15, 0.2) is 79.0 Å². The molecule has 0 bridgehead atoms. The Labute approximate surface area is 168 Å². The lowest BCUT2D eigenvalue weighted by molar-refractivity contribution is 0.630. The number of benzene rings is 2. The van der Waals surface area contributed by atoms with E-state index in [1.807, 2.05) is 30.3 Å². The van der Waals surface area contributed by atoms with Gasteiger partial charge in [-0.3, -0.25) is 4.98 Å². The molecular weight excluding hydrogens is 363 g/mol. The highest BCUT2D eigenvalue weighted by Crippen LogP contribution is 2.29. The Morgan fingerprint density at radius 3 is 2.41 bits per heavy atom. The average Bonchev–Trinajstić information content (AvgIpc) is 2.79. The highest BCUT2D eigenvalue weighted by Gasteiger charge is 2.20. The predicted octanol–water partition coefficient (Wildman–Crippen LogP) is 4.91. The Hall–Kier alpha value is -3.60. The fourth-order valence-corrected chi connectivity index (χ4v) is 3.70. The van der Waals surface area contributed by atoms with Gasteiger partial charge in [0, 0.05) is 30.9 Å². The number of hydrogen-bond donors (Lipinski definition) is 0. The van der Waals surface area contributed by atoms with E-state index in [0.717, 1.165) is 25.3 Å². The van der Waals surface area contributed by atoms with Crippen LogP contribution in [-0.2, 0) is 13.0 Å². The van der Waals surface area contributed by atoms with E-state index in [4.69, 9.17) is 4.98 Å². The number of nitrogens with zero attached hydrogens (tertiary/aromatic N) is 4. The first-order valence-electron chi connectivity index (χ1n) is 9.65. The van der Waals surface area contributed by atoms with Gasteiger partial charge < -0.3 is 4.90 Å². The number of pyridine rings is 1. The third kappa shape index (κ3) is 3.47. The highest BCUT2D eigenvalue weighted by molar-refractivity contribution is 5.67. The van der Waals surface area contributed by atoms with Crippen LogP contribution in [0.3, 0.4) is 0 Å². The number of hydrogen-bond acceptors (Lipinski definition) is 4. The molecule has 3 heterocycles. The SMILES string of the molecule is Fc1ccccc1-c1cc(N2CCc3ccccc3C2)nc(-c2ccccn2)n1. The maximum Gasteiger partial charge on any atom is 0.180 e. The average molecular weight is 382 g/mol. The monoisotopic (exact) mass is 382 g/mol. The Balaban J connectivity index is 1.62. The van der Waals surface area contributed by atoms with Gasteiger partial charge >= 0.3 is 0 Å². The summed E-state index contributed by atoms with van der Waals surface area (Å²) < 4.78 is 14.5. The first-order chi connectivity index (χ1) is 14.3. The van der Waals surface area contributed by atoms with Crippen LogP contribution in [0.25, 0.3) is 22.8 Å². The first-order valence-corrected chi connectivity index (χ1v) is 9.65. The molecule has 1 aliphatic rings. The van der Waals surface area contributed by atoms with Gasteiger partial charge in [-0.15, -0.1) is 0 Å². The standard InChI is InChI=1S/C24H19FN4/c25-20-10-4-3-9-19(20)22-15-23(28-24(27-22)21-11-5-6-13-26-21)29-14-12-17-7-1-2-8-18(17)16-29/h1-11,13,15H,12,14,16H2. The number of rotatable bonds is 3. The number of halogens is 1. The molecule has 0 radical (unpaired) electrons. The van der Waals surface area contributed by atoms with E-state index in [2.05, 4.69) is 39.1 Å². The van der Waals surface area contributed by atoms with Crippen LogP contribution in [-0.4, -0.2) is 21.5 Å². The van der Waals surface area contributed by atoms with Crippen molar-refractivity contribution in [3.63, 3.8) is 0 Å². The van der Waals surface area contributed by atoms with Crippen molar-refractivity contribution in [2.45, 2.75) is 13.0 Å². The molecule has 0 saturated heterocycles. The lowest BCUT2D eigenvalue weighted by Crippen LogP contribution is -2.31. The van der Waals surface area contributed by atoms with E-state index in [1.54, 1.807) is 18.3 Å². The summed E-state index contributed by atoms with van der Waals surface area (Å²) in [6.45, 7) is 1.62. The smallest absolute Gasteiger partial charge is 0.180 e. The molecule has 0 saturated carbocycles. The van der Waals surface area contributed by atoms with E-state index in [1.165, 1.54) is 17.2 Å². The highest BCUT2D eigenvalue weighted by atomic mass is 19.1. The lowest BCUT2D eigenvalue weighted by atomic mass is 10.00. The van der Waals surface area contributed by atoms with Gasteiger partial charge in [0.1, 0.15) is 17.3 Å². The Morgan fingerprint density at radius 1 is 0.793 bits per heavy atom. The fraction of sp³-hybridized carbons (Fsp3) is 0.125. The molecule has 0 N–H and O–H groups in total. The second-order valence-electron chi connectivity index (χ2n) is 7.07. The molecule has 142 valence electrons. The van der Waals surface area contributed by atoms with Crippen molar-refractivity contribution in [3.05, 3.63) is 95.9 Å². The quantitative estimate of drug-likeness (QED) is 0.505. The minimum atomic E-state index is -0.298. The Kier molecular flexibility index (Phi) is 4.48. The molecule has 29 heavy (non-hydrogen) atoms. The summed E-state index contributed by atoms with van der Waals surface area (Å²) in [7, 11) is 0. The molecule has 4 aromatic rings. The van der Waals surface area contributed by atoms with Crippen LogP contribution in [0.2, 0.25) is 0 Å². The lowest BCUT2D eigenvalue weighted by Gasteiger charge is -2.30. The first kappa shape index (κ1) is 17.5. The largest absolute Gasteiger partial charge is 0.352 e. The third-order valence-corrected chi connectivity index (χ3v) is 5.21. The second kappa shape index (κ2) is 7.43. The van der Waals surface area contributed by atoms with Crippen LogP contribution < -0.4 is 4.90 Å². The van der Waals surface area contributed by atoms with Gasteiger partial charge in [-0.25, -0.2) is 14.4 Å². The summed E-state index contributed by atoms with van der Waals surface area (Å²) in [6, 6.07) is 22.7. The molecule has 2 aromatic carbocycles. The molecule has 2 aromatic heterocycles. The summed E-state index contributed by atoms with van der Waals surface area (Å²) in [6.07, 6.45) is 2.67. The van der Waals surface area contributed by atoms with Crippen molar-refractivity contribution < 1.29 is 4.39 Å². The zero-order valence-electron chi connectivity index (χ0n) is 15.8. The van der Waals surface area contributed by atoms with Gasteiger partial charge in [0.2, 0.25) is 0 Å². The molecular formula is C24H19FN4. The number of anilines is 1. The number of aromatic nitrogens is 3. The van der Waals surface area contributed by atoms with E-state index in [9.17, 15) is 4.39 Å². The summed E-state index contributed by atoms with van der Waals surface area (Å²) in [5, 5.41) is 0.